The zero-order valence-electron chi connectivity index (χ0n) is 32.2. The van der Waals surface area contributed by atoms with Crippen LogP contribution in [-0.4, -0.2) is 98.2 Å². The van der Waals surface area contributed by atoms with Crippen LogP contribution >= 0.6 is 0 Å². The van der Waals surface area contributed by atoms with Crippen LogP contribution in [0, 0.1) is 5.92 Å². The van der Waals surface area contributed by atoms with Gasteiger partial charge >= 0.3 is 12.2 Å². The Bertz CT molecular complexity index is 1980. The van der Waals surface area contributed by atoms with Crippen LogP contribution in [0.2, 0.25) is 0 Å². The second-order valence-electron chi connectivity index (χ2n) is 15.6. The van der Waals surface area contributed by atoms with E-state index in [1.807, 2.05) is 36.4 Å². The van der Waals surface area contributed by atoms with E-state index in [1.165, 1.54) is 36.3 Å². The summed E-state index contributed by atoms with van der Waals surface area (Å²) < 4.78 is 45.7. The highest BCUT2D eigenvalue weighted by atomic mass is 32.2. The van der Waals surface area contributed by atoms with E-state index in [0.29, 0.717) is 44.5 Å². The van der Waals surface area contributed by atoms with Gasteiger partial charge in [-0.1, -0.05) is 49.3 Å². The van der Waals surface area contributed by atoms with Gasteiger partial charge in [-0.3, -0.25) is 14.4 Å². The minimum Gasteiger partial charge on any atom is -0.497 e. The van der Waals surface area contributed by atoms with Crippen molar-refractivity contribution in [2.24, 2.45) is 5.92 Å². The second-order valence-corrected chi connectivity index (χ2v) is 17.3. The first-order valence-corrected chi connectivity index (χ1v) is 21.4. The van der Waals surface area contributed by atoms with Crippen molar-refractivity contribution in [3.63, 3.8) is 0 Å². The van der Waals surface area contributed by atoms with Crippen molar-refractivity contribution in [2.45, 2.75) is 118 Å². The molecule has 3 fully saturated rings. The molecule has 3 N–H and O–H groups in total. The fourth-order valence-electron chi connectivity index (χ4n) is 8.39. The van der Waals surface area contributed by atoms with Gasteiger partial charge < -0.3 is 34.6 Å². The summed E-state index contributed by atoms with van der Waals surface area (Å²) >= 11 is 0. The maximum Gasteiger partial charge on any atom is 0.410 e. The molecule has 0 aromatic heterocycles. The number of hydrogen-bond acceptors (Lipinski definition) is 10. The largest absolute Gasteiger partial charge is 0.497 e. The van der Waals surface area contributed by atoms with Gasteiger partial charge in [-0.05, 0) is 93.2 Å². The lowest BCUT2D eigenvalue weighted by Crippen LogP contribution is -2.58. The number of fused-ring (bicyclic) bond motifs is 3. The molecule has 3 heterocycles. The molecule has 0 unspecified atom stereocenters. The average molecular weight is 806 g/mol. The molecular formula is C41H51N5O10S. The quantitative estimate of drug-likeness (QED) is 0.344. The zero-order chi connectivity index (χ0) is 40.2. The van der Waals surface area contributed by atoms with E-state index in [0.717, 1.165) is 49.7 Å². The van der Waals surface area contributed by atoms with Crippen LogP contribution in [0.1, 0.15) is 81.8 Å². The number of hydrogen-bond donors (Lipinski definition) is 3. The molecule has 15 nitrogen and oxygen atoms in total. The minimum absolute atomic E-state index is 0.0741. The molecule has 1 saturated heterocycles. The molecule has 2 saturated carbocycles. The lowest BCUT2D eigenvalue weighted by atomic mass is 10.0. The predicted octanol–water partition coefficient (Wildman–Crippen LogP) is 4.10. The standard InChI is InChI=1S/C41H51N5O10S/c1-54-30-17-19-33(20-18-30)57(52,53)44-38(49)41-24-29(41)13-5-3-2-4-6-16-34(42-39(50)55-31-14-9-10-15-31)37(48)46-26-32(23-35(46)36(47)43-41)56-40(51)45-22-21-27-11-7-8-12-28(27)25-45/h5,7-8,11-13,17-20,29,31-32,34-35H,2-4,6,9-10,14-16,21-26H2,1H3,(H,42,50)(H,43,47)(H,44,49)/t29-,32-,34+,35+,41-/m1/s1. The number of amides is 5. The summed E-state index contributed by atoms with van der Waals surface area (Å²) in [5, 5.41) is 5.60. The molecule has 5 amide bonds. The van der Waals surface area contributed by atoms with Crippen LogP contribution in [0.25, 0.3) is 0 Å². The SMILES string of the molecule is COc1ccc(S(=O)(=O)NC(=O)[C@@]23C[C@H]2C=CCCCCC[C@H](NC(=O)OC2CCCC2)C(=O)N2C[C@H](OC(=O)N4CCc5ccccc5C4)C[C@H]2C(=O)N3)cc1. The number of rotatable bonds is 7. The van der Waals surface area contributed by atoms with Gasteiger partial charge in [-0.2, -0.15) is 0 Å². The topological polar surface area (TPSA) is 190 Å². The third kappa shape index (κ3) is 9.21. The van der Waals surface area contributed by atoms with Gasteiger partial charge in [0, 0.05) is 25.4 Å². The Morgan fingerprint density at radius 1 is 0.895 bits per heavy atom. The number of carbonyl (C=O) groups is 5. The van der Waals surface area contributed by atoms with Crippen LogP contribution in [-0.2, 0) is 46.8 Å². The molecule has 16 heteroatoms. The van der Waals surface area contributed by atoms with E-state index in [2.05, 4.69) is 15.4 Å². The van der Waals surface area contributed by atoms with Gasteiger partial charge in [0.2, 0.25) is 11.8 Å². The summed E-state index contributed by atoms with van der Waals surface area (Å²) in [5.41, 5.74) is 0.544. The molecule has 57 heavy (non-hydrogen) atoms. The van der Waals surface area contributed by atoms with E-state index in [9.17, 15) is 32.4 Å². The van der Waals surface area contributed by atoms with Crippen LogP contribution in [0.3, 0.4) is 0 Å². The van der Waals surface area contributed by atoms with Crippen molar-refractivity contribution in [3.8, 4) is 5.75 Å². The molecule has 2 aliphatic carbocycles. The molecule has 306 valence electrons. The molecule has 5 atom stereocenters. The highest BCUT2D eigenvalue weighted by Crippen LogP contribution is 2.46. The number of sulfonamides is 1. The van der Waals surface area contributed by atoms with Crippen molar-refractivity contribution in [1.82, 2.24) is 25.2 Å². The molecule has 5 aliphatic rings. The molecule has 0 radical (unpaired) electrons. The first-order chi connectivity index (χ1) is 27.5. The van der Waals surface area contributed by atoms with Crippen LogP contribution in [0.5, 0.6) is 5.75 Å². The Hall–Kier alpha value is -5.12. The third-order valence-electron chi connectivity index (χ3n) is 11.8. The van der Waals surface area contributed by atoms with Crippen molar-refractivity contribution >= 4 is 39.9 Å². The maximum atomic E-state index is 14.5. The van der Waals surface area contributed by atoms with Gasteiger partial charge in [0.25, 0.3) is 15.9 Å². The van der Waals surface area contributed by atoms with Crippen molar-refractivity contribution < 1.29 is 46.6 Å². The molecule has 0 spiro atoms. The first-order valence-electron chi connectivity index (χ1n) is 20.0. The monoisotopic (exact) mass is 805 g/mol. The van der Waals surface area contributed by atoms with Crippen molar-refractivity contribution in [3.05, 3.63) is 71.8 Å². The summed E-state index contributed by atoms with van der Waals surface area (Å²) in [6, 6.07) is 11.2. The maximum absolute atomic E-state index is 14.5. The Kier molecular flexibility index (Phi) is 12.1. The number of methoxy groups -OCH3 is 1. The summed E-state index contributed by atoms with van der Waals surface area (Å²) in [7, 11) is -2.90. The average Bonchev–Trinajstić information content (AvgIpc) is 3.46. The minimum atomic E-state index is -4.34. The Labute approximate surface area is 332 Å². The van der Waals surface area contributed by atoms with Crippen LogP contribution in [0.4, 0.5) is 9.59 Å². The molecule has 2 aromatic rings. The van der Waals surface area contributed by atoms with Crippen LogP contribution < -0.4 is 20.1 Å². The van der Waals surface area contributed by atoms with E-state index >= 15 is 0 Å². The van der Waals surface area contributed by atoms with Gasteiger partial charge in [-0.15, -0.1) is 0 Å². The van der Waals surface area contributed by atoms with E-state index in [-0.39, 0.29) is 30.4 Å². The zero-order valence-corrected chi connectivity index (χ0v) is 33.0. The van der Waals surface area contributed by atoms with Crippen LogP contribution in [0.15, 0.2) is 65.6 Å². The fourth-order valence-corrected chi connectivity index (χ4v) is 9.43. The number of benzene rings is 2. The van der Waals surface area contributed by atoms with Crippen molar-refractivity contribution in [2.75, 3.05) is 20.2 Å². The lowest BCUT2D eigenvalue weighted by molar-refractivity contribution is -0.141. The highest BCUT2D eigenvalue weighted by molar-refractivity contribution is 7.90. The summed E-state index contributed by atoms with van der Waals surface area (Å²) in [6.07, 6.45) is 8.53. The number of nitrogens with zero attached hydrogens (tertiary/aromatic N) is 2. The summed E-state index contributed by atoms with van der Waals surface area (Å²) in [5.74, 6) is -2.24. The molecule has 2 aromatic carbocycles. The number of allylic oxidation sites excluding steroid dienone is 1. The van der Waals surface area contributed by atoms with E-state index in [1.54, 1.807) is 4.90 Å². The van der Waals surface area contributed by atoms with Gasteiger partial charge in [0.15, 0.2) is 0 Å². The third-order valence-corrected chi connectivity index (χ3v) is 13.1. The van der Waals surface area contributed by atoms with Crippen molar-refractivity contribution in [1.29, 1.82) is 0 Å². The molecular weight excluding hydrogens is 755 g/mol. The molecule has 0 bridgehead atoms. The first kappa shape index (κ1) is 40.1. The number of ether oxygens (including phenoxy) is 3. The van der Waals surface area contributed by atoms with E-state index in [4.69, 9.17) is 14.2 Å². The molecule has 3 aliphatic heterocycles. The molecule has 7 rings (SSSR count). The number of alkyl carbamates (subject to hydrolysis) is 1. The van der Waals surface area contributed by atoms with Gasteiger partial charge in [0.1, 0.15) is 35.6 Å². The van der Waals surface area contributed by atoms with E-state index < -0.39 is 69.6 Å². The number of nitrogens with one attached hydrogen (secondary N) is 3. The number of carbonyl (C=O) groups excluding carboxylic acids is 5. The smallest absolute Gasteiger partial charge is 0.410 e. The Balaban J connectivity index is 1.13. The summed E-state index contributed by atoms with van der Waals surface area (Å²) in [6.45, 7) is 0.670. The fraction of sp³-hybridized carbons (Fsp3) is 0.537. The summed E-state index contributed by atoms with van der Waals surface area (Å²) in [4.78, 5) is 72.3. The predicted molar refractivity (Wildman–Crippen MR) is 206 cm³/mol. The second kappa shape index (κ2) is 17.2. The lowest BCUT2D eigenvalue weighted by Gasteiger charge is -2.30. The Morgan fingerprint density at radius 2 is 1.63 bits per heavy atom. The normalized spacial score (nSPS) is 26.8. The highest BCUT2D eigenvalue weighted by Gasteiger charge is 2.61. The van der Waals surface area contributed by atoms with Gasteiger partial charge in [-0.25, -0.2) is 22.7 Å². The Morgan fingerprint density at radius 3 is 2.39 bits per heavy atom. The van der Waals surface area contributed by atoms with Gasteiger partial charge in [0.05, 0.1) is 18.6 Å².